The van der Waals surface area contributed by atoms with Gasteiger partial charge in [-0.25, -0.2) is 9.59 Å². The van der Waals surface area contributed by atoms with E-state index >= 15 is 0 Å². The van der Waals surface area contributed by atoms with Crippen LogP contribution in [0.15, 0.2) is 46.9 Å². The van der Waals surface area contributed by atoms with Gasteiger partial charge in [-0.15, -0.1) is 0 Å². The predicted octanol–water partition coefficient (Wildman–Crippen LogP) is 4.38. The zero-order chi connectivity index (χ0) is 18.2. The third-order valence-electron chi connectivity index (χ3n) is 3.41. The van der Waals surface area contributed by atoms with Gasteiger partial charge in [0.15, 0.2) is 0 Å². The van der Waals surface area contributed by atoms with E-state index in [9.17, 15) is 9.59 Å². The van der Waals surface area contributed by atoms with Crippen molar-refractivity contribution >= 4 is 27.9 Å². The number of carbonyl (C=O) groups excluding carboxylic acids is 2. The van der Waals surface area contributed by atoms with Crippen molar-refractivity contribution < 1.29 is 23.8 Å². The van der Waals surface area contributed by atoms with E-state index in [2.05, 4.69) is 15.9 Å². The number of carbonyl (C=O) groups is 2. The maximum Gasteiger partial charge on any atom is 0.339 e. The van der Waals surface area contributed by atoms with Gasteiger partial charge in [0, 0.05) is 10.0 Å². The number of ether oxygens (including phenoxy) is 3. The molecule has 5 nitrogen and oxygen atoms in total. The highest BCUT2D eigenvalue weighted by molar-refractivity contribution is 9.10. The average molecular weight is 407 g/mol. The van der Waals surface area contributed by atoms with Gasteiger partial charge in [-0.1, -0.05) is 35.0 Å². The second-order valence-electron chi connectivity index (χ2n) is 5.21. The highest BCUT2D eigenvalue weighted by Gasteiger charge is 2.19. The van der Waals surface area contributed by atoms with E-state index in [-0.39, 0.29) is 17.7 Å². The van der Waals surface area contributed by atoms with Gasteiger partial charge < -0.3 is 14.2 Å². The maximum atomic E-state index is 12.4. The van der Waals surface area contributed by atoms with Crippen LogP contribution in [0.1, 0.15) is 39.6 Å². The second-order valence-corrected chi connectivity index (χ2v) is 6.13. The largest absolute Gasteiger partial charge is 0.496 e. The van der Waals surface area contributed by atoms with Gasteiger partial charge in [0.1, 0.15) is 12.4 Å². The molecular formula is C19H19BrO5. The molecule has 132 valence electrons. The van der Waals surface area contributed by atoms with Crippen molar-refractivity contribution in [2.75, 3.05) is 13.7 Å². The lowest BCUT2D eigenvalue weighted by atomic mass is 10.1. The van der Waals surface area contributed by atoms with E-state index < -0.39 is 11.9 Å². The topological polar surface area (TPSA) is 61.8 Å². The molecule has 0 radical (unpaired) electrons. The van der Waals surface area contributed by atoms with Gasteiger partial charge in [-0.3, -0.25) is 0 Å². The van der Waals surface area contributed by atoms with Crippen LogP contribution in [0.5, 0.6) is 5.75 Å². The molecule has 6 heteroatoms. The standard InChI is InChI=1S/C19H19BrO5/c1-3-10-24-18(21)15-6-4-5-7-16(15)19(22)25-12-13-11-14(20)8-9-17(13)23-2/h4-9,11H,3,10,12H2,1-2H3. The highest BCUT2D eigenvalue weighted by Crippen LogP contribution is 2.24. The van der Waals surface area contributed by atoms with Gasteiger partial charge in [0.25, 0.3) is 0 Å². The third kappa shape index (κ3) is 5.06. The van der Waals surface area contributed by atoms with Crippen LogP contribution in [0.25, 0.3) is 0 Å². The van der Waals surface area contributed by atoms with Crippen LogP contribution < -0.4 is 4.74 Å². The molecule has 0 bridgehead atoms. The lowest BCUT2D eigenvalue weighted by Crippen LogP contribution is -2.14. The van der Waals surface area contributed by atoms with Crippen molar-refractivity contribution in [1.29, 1.82) is 0 Å². The Kier molecular flexibility index (Phi) is 7.01. The predicted molar refractivity (Wildman–Crippen MR) is 96.8 cm³/mol. The highest BCUT2D eigenvalue weighted by atomic mass is 79.9. The van der Waals surface area contributed by atoms with Gasteiger partial charge in [0.05, 0.1) is 24.8 Å². The zero-order valence-electron chi connectivity index (χ0n) is 14.1. The molecule has 0 atom stereocenters. The molecule has 0 spiro atoms. The first-order valence-corrected chi connectivity index (χ1v) is 8.61. The molecular weight excluding hydrogens is 388 g/mol. The molecule has 2 rings (SSSR count). The van der Waals surface area contributed by atoms with Crippen LogP contribution in [0.2, 0.25) is 0 Å². The number of hydrogen-bond donors (Lipinski definition) is 0. The summed E-state index contributed by atoms with van der Waals surface area (Å²) in [5, 5.41) is 0. The normalized spacial score (nSPS) is 10.2. The quantitative estimate of drug-likeness (QED) is 0.638. The van der Waals surface area contributed by atoms with Gasteiger partial charge in [0.2, 0.25) is 0 Å². The molecule has 25 heavy (non-hydrogen) atoms. The van der Waals surface area contributed by atoms with Crippen molar-refractivity contribution in [3.05, 3.63) is 63.6 Å². The van der Waals surface area contributed by atoms with Gasteiger partial charge in [-0.2, -0.15) is 0 Å². The van der Waals surface area contributed by atoms with Gasteiger partial charge in [-0.05, 0) is 36.8 Å². The van der Waals surface area contributed by atoms with E-state index in [1.165, 1.54) is 0 Å². The monoisotopic (exact) mass is 406 g/mol. The summed E-state index contributed by atoms with van der Waals surface area (Å²) in [6, 6.07) is 11.9. The minimum Gasteiger partial charge on any atom is -0.496 e. The number of halogens is 1. The minimum atomic E-state index is -0.592. The summed E-state index contributed by atoms with van der Waals surface area (Å²) in [6.45, 7) is 2.23. The summed E-state index contributed by atoms with van der Waals surface area (Å²) in [7, 11) is 1.55. The lowest BCUT2D eigenvalue weighted by molar-refractivity contribution is 0.0437. The molecule has 0 unspecified atom stereocenters. The smallest absolute Gasteiger partial charge is 0.339 e. The Morgan fingerprint density at radius 2 is 1.64 bits per heavy atom. The molecule has 0 fully saturated rings. The van der Waals surface area contributed by atoms with E-state index in [0.29, 0.717) is 18.8 Å². The average Bonchev–Trinajstić information content (AvgIpc) is 2.64. The van der Waals surface area contributed by atoms with Crippen molar-refractivity contribution in [1.82, 2.24) is 0 Å². The van der Waals surface area contributed by atoms with Crippen LogP contribution in [0.3, 0.4) is 0 Å². The van der Waals surface area contributed by atoms with Crippen molar-refractivity contribution in [2.24, 2.45) is 0 Å². The summed E-state index contributed by atoms with van der Waals surface area (Å²) >= 11 is 3.37. The number of hydrogen-bond acceptors (Lipinski definition) is 5. The molecule has 0 aliphatic rings. The molecule has 0 aromatic heterocycles. The van der Waals surface area contributed by atoms with Crippen molar-refractivity contribution in [2.45, 2.75) is 20.0 Å². The van der Waals surface area contributed by atoms with Gasteiger partial charge >= 0.3 is 11.9 Å². The first kappa shape index (κ1) is 19.0. The Bertz CT molecular complexity index is 757. The van der Waals surface area contributed by atoms with Crippen molar-refractivity contribution in [3.63, 3.8) is 0 Å². The summed E-state index contributed by atoms with van der Waals surface area (Å²) in [4.78, 5) is 24.5. The molecule has 0 aliphatic carbocycles. The van der Waals surface area contributed by atoms with Crippen LogP contribution in [0.4, 0.5) is 0 Å². The summed E-state index contributed by atoms with van der Waals surface area (Å²) in [5.74, 6) is -0.507. The number of methoxy groups -OCH3 is 1. The van der Waals surface area contributed by atoms with Crippen molar-refractivity contribution in [3.8, 4) is 5.75 Å². The first-order valence-electron chi connectivity index (χ1n) is 7.82. The summed E-state index contributed by atoms with van der Waals surface area (Å²) in [5.41, 5.74) is 1.09. The zero-order valence-corrected chi connectivity index (χ0v) is 15.7. The number of rotatable bonds is 7. The number of benzene rings is 2. The van der Waals surface area contributed by atoms with Crippen LogP contribution >= 0.6 is 15.9 Å². The Hall–Kier alpha value is -2.34. The Balaban J connectivity index is 2.14. The van der Waals surface area contributed by atoms with E-state index in [4.69, 9.17) is 14.2 Å². The third-order valence-corrected chi connectivity index (χ3v) is 3.90. The summed E-state index contributed by atoms with van der Waals surface area (Å²) in [6.07, 6.45) is 0.709. The lowest BCUT2D eigenvalue weighted by Gasteiger charge is -2.11. The minimum absolute atomic E-state index is 0.0276. The fraction of sp³-hybridized carbons (Fsp3) is 0.263. The Morgan fingerprint density at radius 3 is 2.24 bits per heavy atom. The molecule has 0 saturated carbocycles. The van der Waals surface area contributed by atoms with E-state index in [1.54, 1.807) is 37.4 Å². The first-order chi connectivity index (χ1) is 12.1. The SMILES string of the molecule is CCCOC(=O)c1ccccc1C(=O)OCc1cc(Br)ccc1OC. The molecule has 2 aromatic carbocycles. The molecule has 0 saturated heterocycles. The molecule has 0 amide bonds. The Morgan fingerprint density at radius 1 is 1.00 bits per heavy atom. The fourth-order valence-corrected chi connectivity index (χ4v) is 2.60. The maximum absolute atomic E-state index is 12.4. The van der Waals surface area contributed by atoms with Crippen LogP contribution in [-0.2, 0) is 16.1 Å². The van der Waals surface area contributed by atoms with E-state index in [0.717, 1.165) is 10.0 Å². The van der Waals surface area contributed by atoms with Crippen LogP contribution in [-0.4, -0.2) is 25.7 Å². The Labute approximate surface area is 155 Å². The van der Waals surface area contributed by atoms with E-state index in [1.807, 2.05) is 19.1 Å². The summed E-state index contributed by atoms with van der Waals surface area (Å²) < 4.78 is 16.6. The second kappa shape index (κ2) is 9.22. The molecule has 0 N–H and O–H groups in total. The molecule has 0 heterocycles. The van der Waals surface area contributed by atoms with Crippen LogP contribution in [0, 0.1) is 0 Å². The number of esters is 2. The molecule has 2 aromatic rings. The molecule has 0 aliphatic heterocycles. The fourth-order valence-electron chi connectivity index (χ4n) is 2.19.